The lowest BCUT2D eigenvalue weighted by Gasteiger charge is -2.55. The van der Waals surface area contributed by atoms with Crippen molar-refractivity contribution in [1.82, 2.24) is 15.5 Å². The van der Waals surface area contributed by atoms with Gasteiger partial charge in [-0.3, -0.25) is 0 Å². The Kier molecular flexibility index (Phi) is 5.92. The molecule has 2 unspecified atom stereocenters. The number of hydrogen-bond donors (Lipinski definition) is 2. The number of thiazole rings is 1. The monoisotopic (exact) mass is 594 g/mol. The summed E-state index contributed by atoms with van der Waals surface area (Å²) < 4.78 is 6.84. The van der Waals surface area contributed by atoms with Crippen LogP contribution >= 0.6 is 34.5 Å². The van der Waals surface area contributed by atoms with Crippen molar-refractivity contribution in [2.75, 3.05) is 4.90 Å². The second kappa shape index (κ2) is 9.44. The molecule has 0 radical (unpaired) electrons. The third-order valence-electron chi connectivity index (χ3n) is 8.98. The zero-order valence-corrected chi connectivity index (χ0v) is 24.0. The van der Waals surface area contributed by atoms with Gasteiger partial charge in [0.05, 0.1) is 25.8 Å². The van der Waals surface area contributed by atoms with Crippen LogP contribution in [0.1, 0.15) is 84.0 Å². The van der Waals surface area contributed by atoms with Gasteiger partial charge in [0.2, 0.25) is 0 Å². The summed E-state index contributed by atoms with van der Waals surface area (Å²) in [7, 11) is 0. The van der Waals surface area contributed by atoms with Gasteiger partial charge >= 0.3 is 5.97 Å². The smallest absolute Gasteiger partial charge is 0.335 e. The van der Waals surface area contributed by atoms with Crippen LogP contribution in [0.3, 0.4) is 0 Å². The molecule has 2 bridgehead atoms. The summed E-state index contributed by atoms with van der Waals surface area (Å²) in [5.41, 5.74) is 5.03. The van der Waals surface area contributed by atoms with E-state index < -0.39 is 5.97 Å². The molecule has 4 aromatic rings. The van der Waals surface area contributed by atoms with Crippen LogP contribution in [0.15, 0.2) is 34.9 Å². The van der Waals surface area contributed by atoms with Crippen LogP contribution in [-0.4, -0.2) is 39.3 Å². The van der Waals surface area contributed by atoms with Gasteiger partial charge in [-0.05, 0) is 80.7 Å². The number of nitrogens with one attached hydrogen (secondary N) is 1. The highest BCUT2D eigenvalue weighted by Gasteiger charge is 2.47. The molecule has 2 aromatic carbocycles. The minimum absolute atomic E-state index is 0.370. The number of carbonyl (C=O) groups is 1. The fourth-order valence-electron chi connectivity index (χ4n) is 6.66. The number of piperidine rings is 1. The topological polar surface area (TPSA) is 91.5 Å². The Morgan fingerprint density at radius 3 is 2.48 bits per heavy atom. The molecule has 5 aliphatic rings. The van der Waals surface area contributed by atoms with Crippen LogP contribution in [0.4, 0.5) is 5.13 Å². The number of nitrogens with zero attached hydrogens (tertiary/aromatic N) is 3. The predicted molar refractivity (Wildman–Crippen MR) is 157 cm³/mol. The number of anilines is 1. The van der Waals surface area contributed by atoms with Crippen molar-refractivity contribution < 1.29 is 14.4 Å². The van der Waals surface area contributed by atoms with E-state index in [0.29, 0.717) is 52.1 Å². The third kappa shape index (κ3) is 4.23. The molecule has 0 amide bonds. The van der Waals surface area contributed by atoms with Gasteiger partial charge in [0, 0.05) is 41.7 Å². The van der Waals surface area contributed by atoms with Crippen LogP contribution in [0.5, 0.6) is 0 Å². The van der Waals surface area contributed by atoms with Crippen molar-refractivity contribution in [3.05, 3.63) is 62.8 Å². The third-order valence-corrected chi connectivity index (χ3v) is 10.6. The number of carboxylic acids is 1. The average molecular weight is 596 g/mol. The van der Waals surface area contributed by atoms with Gasteiger partial charge in [0.25, 0.3) is 0 Å². The molecular formula is C30H28Cl2N4O3S. The standard InChI is InChI=1S/C30H28Cl2N4O3S/c31-22-2-1-3-23(32)25(22)27-21(28(39-35-27)15-6-7-15)13-33-17-10-18-12-19(11-17)36(18)30-34-26-20(14-4-5-14)8-16(29(37)38)9-24(26)40-30/h1-3,8-9,14-15,17-19,33H,4-7,10-13H2,(H,37,38). The molecule has 206 valence electrons. The van der Waals surface area contributed by atoms with E-state index in [4.69, 9.17) is 32.7 Å². The SMILES string of the molecule is O=C(O)c1cc(C2CC2)c2nc(N3C4CC(NCc5c(-c6c(Cl)cccc6Cl)noc5C5CC5)CC3C4)sc2c1. The predicted octanol–water partition coefficient (Wildman–Crippen LogP) is 7.61. The summed E-state index contributed by atoms with van der Waals surface area (Å²) in [4.78, 5) is 19.3. The number of benzene rings is 2. The minimum atomic E-state index is -0.869. The number of fused-ring (bicyclic) bond motifs is 3. The number of aromatic carboxylic acids is 1. The lowest BCUT2D eigenvalue weighted by atomic mass is 9.77. The van der Waals surface area contributed by atoms with E-state index in [1.54, 1.807) is 17.4 Å². The first-order chi connectivity index (χ1) is 19.4. The summed E-state index contributed by atoms with van der Waals surface area (Å²) >= 11 is 14.7. The number of hydrogen-bond acceptors (Lipinski definition) is 7. The first-order valence-electron chi connectivity index (χ1n) is 14.1. The molecule has 3 aliphatic carbocycles. The molecule has 2 aromatic heterocycles. The summed E-state index contributed by atoms with van der Waals surface area (Å²) in [5, 5.41) is 20.1. The van der Waals surface area contributed by atoms with E-state index in [9.17, 15) is 9.90 Å². The van der Waals surface area contributed by atoms with Gasteiger partial charge in [-0.2, -0.15) is 0 Å². The molecule has 40 heavy (non-hydrogen) atoms. The van der Waals surface area contributed by atoms with E-state index in [2.05, 4.69) is 15.4 Å². The molecule has 9 rings (SSSR count). The lowest BCUT2D eigenvalue weighted by Crippen LogP contribution is -2.64. The highest BCUT2D eigenvalue weighted by atomic mass is 35.5. The van der Waals surface area contributed by atoms with Crippen molar-refractivity contribution in [2.45, 2.75) is 81.5 Å². The second-order valence-corrected chi connectivity index (χ2v) is 13.6. The molecule has 7 nitrogen and oxygen atoms in total. The van der Waals surface area contributed by atoms with Gasteiger partial charge in [-0.15, -0.1) is 0 Å². The Morgan fingerprint density at radius 2 is 1.80 bits per heavy atom. The Morgan fingerprint density at radius 1 is 1.07 bits per heavy atom. The fourth-order valence-corrected chi connectivity index (χ4v) is 8.42. The molecule has 10 heteroatoms. The molecule has 2 aliphatic heterocycles. The zero-order valence-electron chi connectivity index (χ0n) is 21.7. The van der Waals surface area contributed by atoms with E-state index in [-0.39, 0.29) is 0 Å². The van der Waals surface area contributed by atoms with Crippen molar-refractivity contribution >= 4 is 55.9 Å². The maximum Gasteiger partial charge on any atom is 0.335 e. The Labute approximate surface area is 245 Å². The van der Waals surface area contributed by atoms with Crippen molar-refractivity contribution in [3.63, 3.8) is 0 Å². The van der Waals surface area contributed by atoms with Crippen LogP contribution < -0.4 is 10.2 Å². The van der Waals surface area contributed by atoms with Gasteiger partial charge in [0.15, 0.2) is 5.13 Å². The number of aromatic nitrogens is 2. The average Bonchev–Trinajstić information content (AvgIpc) is 3.86. The Bertz CT molecular complexity index is 1630. The molecule has 3 saturated carbocycles. The molecule has 2 atom stereocenters. The summed E-state index contributed by atoms with van der Waals surface area (Å²) in [6, 6.07) is 10.4. The molecular weight excluding hydrogens is 567 g/mol. The summed E-state index contributed by atoms with van der Waals surface area (Å²) in [6.07, 6.45) is 7.73. The minimum Gasteiger partial charge on any atom is -0.478 e. The maximum absolute atomic E-state index is 11.7. The Hall–Kier alpha value is -2.65. The van der Waals surface area contributed by atoms with Crippen molar-refractivity contribution in [1.29, 1.82) is 0 Å². The van der Waals surface area contributed by atoms with Crippen LogP contribution in [-0.2, 0) is 6.54 Å². The zero-order chi connectivity index (χ0) is 27.1. The van der Waals surface area contributed by atoms with E-state index in [0.717, 1.165) is 82.0 Å². The fraction of sp³-hybridized carbons (Fsp3) is 0.433. The quantitative estimate of drug-likeness (QED) is 0.217. The number of halogens is 2. The highest BCUT2D eigenvalue weighted by molar-refractivity contribution is 7.22. The molecule has 2 saturated heterocycles. The normalized spacial score (nSPS) is 23.9. The van der Waals surface area contributed by atoms with Gasteiger partial charge in [-0.1, -0.05) is 45.8 Å². The maximum atomic E-state index is 11.7. The number of carboxylic acid groups (broad SMARTS) is 1. The largest absolute Gasteiger partial charge is 0.478 e. The van der Waals surface area contributed by atoms with Gasteiger partial charge < -0.3 is 19.8 Å². The molecule has 4 heterocycles. The van der Waals surface area contributed by atoms with Crippen LogP contribution in [0.2, 0.25) is 10.0 Å². The van der Waals surface area contributed by atoms with Crippen LogP contribution in [0.25, 0.3) is 21.5 Å². The second-order valence-electron chi connectivity index (χ2n) is 11.7. The van der Waals surface area contributed by atoms with Crippen molar-refractivity contribution in [3.8, 4) is 11.3 Å². The first kappa shape index (κ1) is 25.1. The first-order valence-corrected chi connectivity index (χ1v) is 15.6. The molecule has 5 fully saturated rings. The van der Waals surface area contributed by atoms with E-state index in [1.165, 1.54) is 6.42 Å². The molecule has 0 spiro atoms. The number of rotatable bonds is 8. The van der Waals surface area contributed by atoms with Crippen LogP contribution in [0, 0.1) is 0 Å². The lowest BCUT2D eigenvalue weighted by molar-refractivity contribution is 0.0697. The van der Waals surface area contributed by atoms with E-state index >= 15 is 0 Å². The van der Waals surface area contributed by atoms with Gasteiger partial charge in [0.1, 0.15) is 11.5 Å². The summed E-state index contributed by atoms with van der Waals surface area (Å²) in [5.74, 6) is 0.967. The Balaban J connectivity index is 1.01. The van der Waals surface area contributed by atoms with Gasteiger partial charge in [-0.25, -0.2) is 9.78 Å². The summed E-state index contributed by atoms with van der Waals surface area (Å²) in [6.45, 7) is 0.667. The molecule has 2 N–H and O–H groups in total. The van der Waals surface area contributed by atoms with Crippen molar-refractivity contribution in [2.24, 2.45) is 0 Å². The highest BCUT2D eigenvalue weighted by Crippen LogP contribution is 2.49. The van der Waals surface area contributed by atoms with E-state index in [1.807, 2.05) is 24.3 Å².